The number of nitrogens with one attached hydrogen (secondary N) is 1. The predicted octanol–water partition coefficient (Wildman–Crippen LogP) is 2.51. The van der Waals surface area contributed by atoms with E-state index in [-0.39, 0.29) is 30.8 Å². The molecule has 0 radical (unpaired) electrons. The van der Waals surface area contributed by atoms with E-state index < -0.39 is 0 Å². The summed E-state index contributed by atoms with van der Waals surface area (Å²) in [5.41, 5.74) is 0. The molecule has 1 aromatic rings. The zero-order valence-corrected chi connectivity index (χ0v) is 10.2. The van der Waals surface area contributed by atoms with Gasteiger partial charge in [0.15, 0.2) is 0 Å². The Kier molecular flexibility index (Phi) is 5.46. The van der Waals surface area contributed by atoms with Crippen LogP contribution in [0.15, 0.2) is 24.3 Å². The minimum absolute atomic E-state index is 0.0456. The SMILES string of the molecule is CCC(C)NC(=O)CCOc1cccc(F)c1. The first-order valence-electron chi connectivity index (χ1n) is 5.79. The van der Waals surface area contributed by atoms with Crippen molar-refractivity contribution in [2.24, 2.45) is 0 Å². The molecule has 3 nitrogen and oxygen atoms in total. The van der Waals surface area contributed by atoms with Crippen LogP contribution in [0.25, 0.3) is 0 Å². The molecule has 0 aliphatic heterocycles. The first kappa shape index (κ1) is 13.5. The summed E-state index contributed by atoms with van der Waals surface area (Å²) >= 11 is 0. The van der Waals surface area contributed by atoms with Crippen LogP contribution in [-0.2, 0) is 4.79 Å². The lowest BCUT2D eigenvalue weighted by atomic mass is 10.2. The minimum atomic E-state index is -0.341. The Labute approximate surface area is 101 Å². The quantitative estimate of drug-likeness (QED) is 0.828. The largest absolute Gasteiger partial charge is 0.493 e. The molecule has 0 aliphatic carbocycles. The number of rotatable bonds is 6. The van der Waals surface area contributed by atoms with Crippen LogP contribution in [0.3, 0.4) is 0 Å². The molecule has 1 atom stereocenters. The summed E-state index contributed by atoms with van der Waals surface area (Å²) in [5.74, 6) is 0.0589. The number of halogens is 1. The van der Waals surface area contributed by atoms with Gasteiger partial charge in [-0.15, -0.1) is 0 Å². The molecule has 1 amide bonds. The molecule has 1 rings (SSSR count). The second-order valence-electron chi connectivity index (χ2n) is 3.93. The summed E-state index contributed by atoms with van der Waals surface area (Å²) in [6.07, 6.45) is 1.18. The molecule has 1 unspecified atom stereocenters. The van der Waals surface area contributed by atoms with Gasteiger partial charge in [0.2, 0.25) is 5.91 Å². The van der Waals surface area contributed by atoms with E-state index in [1.165, 1.54) is 12.1 Å². The van der Waals surface area contributed by atoms with E-state index in [9.17, 15) is 9.18 Å². The summed E-state index contributed by atoms with van der Waals surface area (Å²) in [7, 11) is 0. The molecule has 0 saturated heterocycles. The van der Waals surface area contributed by atoms with Crippen molar-refractivity contribution in [2.75, 3.05) is 6.61 Å². The van der Waals surface area contributed by atoms with E-state index in [2.05, 4.69) is 5.32 Å². The Morgan fingerprint density at radius 3 is 2.94 bits per heavy atom. The fourth-order valence-electron chi connectivity index (χ4n) is 1.27. The van der Waals surface area contributed by atoms with E-state index in [0.29, 0.717) is 5.75 Å². The summed E-state index contributed by atoms with van der Waals surface area (Å²) < 4.78 is 18.1. The Morgan fingerprint density at radius 1 is 1.53 bits per heavy atom. The van der Waals surface area contributed by atoms with Crippen molar-refractivity contribution >= 4 is 5.91 Å². The summed E-state index contributed by atoms with van der Waals surface area (Å²) in [6.45, 7) is 4.21. The molecule has 0 bridgehead atoms. The lowest BCUT2D eigenvalue weighted by Gasteiger charge is -2.11. The monoisotopic (exact) mass is 239 g/mol. The third-order valence-electron chi connectivity index (χ3n) is 2.41. The Balaban J connectivity index is 2.26. The zero-order valence-electron chi connectivity index (χ0n) is 10.2. The molecular weight excluding hydrogens is 221 g/mol. The van der Waals surface area contributed by atoms with Gasteiger partial charge in [-0.05, 0) is 25.5 Å². The van der Waals surface area contributed by atoms with Crippen LogP contribution in [0, 0.1) is 5.82 Å². The first-order valence-corrected chi connectivity index (χ1v) is 5.79. The van der Waals surface area contributed by atoms with Crippen LogP contribution in [0.1, 0.15) is 26.7 Å². The topological polar surface area (TPSA) is 38.3 Å². The second kappa shape index (κ2) is 6.89. The van der Waals surface area contributed by atoms with Crippen molar-refractivity contribution in [1.82, 2.24) is 5.32 Å². The molecule has 94 valence electrons. The van der Waals surface area contributed by atoms with Crippen molar-refractivity contribution in [2.45, 2.75) is 32.7 Å². The number of benzene rings is 1. The molecule has 0 fully saturated rings. The highest BCUT2D eigenvalue weighted by molar-refractivity contribution is 5.76. The van der Waals surface area contributed by atoms with Crippen LogP contribution < -0.4 is 10.1 Å². The number of amides is 1. The Hall–Kier alpha value is -1.58. The van der Waals surface area contributed by atoms with Gasteiger partial charge < -0.3 is 10.1 Å². The van der Waals surface area contributed by atoms with Crippen molar-refractivity contribution in [3.05, 3.63) is 30.1 Å². The fraction of sp³-hybridized carbons (Fsp3) is 0.462. The molecule has 0 aromatic heterocycles. The van der Waals surface area contributed by atoms with Gasteiger partial charge in [-0.2, -0.15) is 0 Å². The van der Waals surface area contributed by atoms with E-state index in [0.717, 1.165) is 6.42 Å². The van der Waals surface area contributed by atoms with Gasteiger partial charge in [0.1, 0.15) is 11.6 Å². The fourth-order valence-corrected chi connectivity index (χ4v) is 1.27. The molecule has 1 aromatic carbocycles. The number of carbonyl (C=O) groups excluding carboxylic acids is 1. The van der Waals surface area contributed by atoms with Crippen molar-refractivity contribution in [1.29, 1.82) is 0 Å². The smallest absolute Gasteiger partial charge is 0.223 e. The van der Waals surface area contributed by atoms with Crippen LogP contribution in [0.2, 0.25) is 0 Å². The van der Waals surface area contributed by atoms with Gasteiger partial charge in [-0.25, -0.2) is 4.39 Å². The standard InChI is InChI=1S/C13H18FNO2/c1-3-10(2)15-13(16)7-8-17-12-6-4-5-11(14)9-12/h4-6,9-10H,3,7-8H2,1-2H3,(H,15,16). The number of ether oxygens (including phenoxy) is 1. The maximum Gasteiger partial charge on any atom is 0.223 e. The average Bonchev–Trinajstić information content (AvgIpc) is 2.29. The predicted molar refractivity (Wildman–Crippen MR) is 64.4 cm³/mol. The van der Waals surface area contributed by atoms with Crippen LogP contribution in [0.4, 0.5) is 4.39 Å². The molecular formula is C13H18FNO2. The van der Waals surface area contributed by atoms with Crippen LogP contribution >= 0.6 is 0 Å². The van der Waals surface area contributed by atoms with Gasteiger partial charge in [-0.1, -0.05) is 13.0 Å². The summed E-state index contributed by atoms with van der Waals surface area (Å²) in [6, 6.07) is 6.06. The molecule has 4 heteroatoms. The van der Waals surface area contributed by atoms with E-state index in [1.807, 2.05) is 13.8 Å². The number of hydrogen-bond donors (Lipinski definition) is 1. The average molecular weight is 239 g/mol. The normalized spacial score (nSPS) is 11.9. The van der Waals surface area contributed by atoms with Crippen LogP contribution in [-0.4, -0.2) is 18.6 Å². The van der Waals surface area contributed by atoms with Gasteiger partial charge in [0.25, 0.3) is 0 Å². The summed E-state index contributed by atoms with van der Waals surface area (Å²) in [4.78, 5) is 11.4. The number of hydrogen-bond acceptors (Lipinski definition) is 2. The molecule has 0 heterocycles. The number of carbonyl (C=O) groups is 1. The third kappa shape index (κ3) is 5.33. The van der Waals surface area contributed by atoms with Gasteiger partial charge in [0, 0.05) is 12.1 Å². The van der Waals surface area contributed by atoms with Gasteiger partial charge >= 0.3 is 0 Å². The molecule has 0 spiro atoms. The van der Waals surface area contributed by atoms with Crippen molar-refractivity contribution in [3.8, 4) is 5.75 Å². The van der Waals surface area contributed by atoms with Gasteiger partial charge in [-0.3, -0.25) is 4.79 Å². The zero-order chi connectivity index (χ0) is 12.7. The highest BCUT2D eigenvalue weighted by Gasteiger charge is 2.05. The van der Waals surface area contributed by atoms with Crippen molar-refractivity contribution < 1.29 is 13.9 Å². The van der Waals surface area contributed by atoms with Crippen LogP contribution in [0.5, 0.6) is 5.75 Å². The molecule has 0 saturated carbocycles. The highest BCUT2D eigenvalue weighted by atomic mass is 19.1. The van der Waals surface area contributed by atoms with Crippen molar-refractivity contribution in [3.63, 3.8) is 0 Å². The third-order valence-corrected chi connectivity index (χ3v) is 2.41. The van der Waals surface area contributed by atoms with E-state index in [4.69, 9.17) is 4.74 Å². The van der Waals surface area contributed by atoms with E-state index in [1.54, 1.807) is 12.1 Å². The molecule has 0 aliphatic rings. The first-order chi connectivity index (χ1) is 8.11. The maximum atomic E-state index is 12.8. The molecule has 1 N–H and O–H groups in total. The van der Waals surface area contributed by atoms with E-state index >= 15 is 0 Å². The second-order valence-corrected chi connectivity index (χ2v) is 3.93. The lowest BCUT2D eigenvalue weighted by molar-refractivity contribution is -0.122. The minimum Gasteiger partial charge on any atom is -0.493 e. The Morgan fingerprint density at radius 2 is 2.29 bits per heavy atom. The molecule has 17 heavy (non-hydrogen) atoms. The highest BCUT2D eigenvalue weighted by Crippen LogP contribution is 2.11. The lowest BCUT2D eigenvalue weighted by Crippen LogP contribution is -2.32. The Bertz CT molecular complexity index is 368. The maximum absolute atomic E-state index is 12.8. The van der Waals surface area contributed by atoms with Gasteiger partial charge in [0.05, 0.1) is 13.0 Å². The summed E-state index contributed by atoms with van der Waals surface area (Å²) in [5, 5.41) is 2.83.